The van der Waals surface area contributed by atoms with E-state index in [0.717, 1.165) is 0 Å². The molecule has 0 saturated heterocycles. The molecule has 8 heteroatoms. The summed E-state index contributed by atoms with van der Waals surface area (Å²) in [5, 5.41) is 5.35. The van der Waals surface area contributed by atoms with E-state index in [1.165, 1.54) is 31.2 Å². The summed E-state index contributed by atoms with van der Waals surface area (Å²) in [6.45, 7) is 3.24. The molecule has 0 aliphatic heterocycles. The first-order valence-electron chi connectivity index (χ1n) is 6.85. The Morgan fingerprint density at radius 2 is 2.00 bits per heavy atom. The standard InChI is InChI=1S/C15H16F2N2O3S/c1-9-7-13(22-19-9)18-15(20)10(2)23(21)8-11-3-5-12(6-4-11)14(16)17/h3-7,10,14H,8H2,1-2H3,(H,18,20). The van der Waals surface area contributed by atoms with Gasteiger partial charge in [-0.05, 0) is 19.4 Å². The number of carbonyl (C=O) groups excluding carboxylic acids is 1. The van der Waals surface area contributed by atoms with Crippen LogP contribution < -0.4 is 5.32 Å². The lowest BCUT2D eigenvalue weighted by atomic mass is 10.2. The molecule has 1 N–H and O–H groups in total. The third-order valence-electron chi connectivity index (χ3n) is 3.18. The normalized spacial score (nSPS) is 13.8. The molecule has 1 heterocycles. The number of hydrogen-bond donors (Lipinski definition) is 1. The minimum Gasteiger partial charge on any atom is -0.338 e. The molecule has 1 amide bonds. The van der Waals surface area contributed by atoms with Gasteiger partial charge in [-0.2, -0.15) is 0 Å². The molecule has 124 valence electrons. The van der Waals surface area contributed by atoms with Gasteiger partial charge in [0.05, 0.1) is 5.69 Å². The third kappa shape index (κ3) is 4.69. The van der Waals surface area contributed by atoms with Crippen LogP contribution in [-0.4, -0.2) is 20.5 Å². The number of benzene rings is 1. The summed E-state index contributed by atoms with van der Waals surface area (Å²) in [5.74, 6) is -0.158. The van der Waals surface area contributed by atoms with E-state index in [2.05, 4.69) is 10.5 Å². The van der Waals surface area contributed by atoms with Crippen LogP contribution in [0.25, 0.3) is 0 Å². The number of nitrogens with zero attached hydrogens (tertiary/aromatic N) is 1. The summed E-state index contributed by atoms with van der Waals surface area (Å²) in [4.78, 5) is 12.0. The topological polar surface area (TPSA) is 72.2 Å². The van der Waals surface area contributed by atoms with Crippen molar-refractivity contribution in [3.63, 3.8) is 0 Å². The Morgan fingerprint density at radius 3 is 2.52 bits per heavy atom. The summed E-state index contributed by atoms with van der Waals surface area (Å²) in [7, 11) is -1.49. The van der Waals surface area contributed by atoms with Gasteiger partial charge in [0.2, 0.25) is 11.8 Å². The number of aryl methyl sites for hydroxylation is 1. The van der Waals surface area contributed by atoms with Crippen molar-refractivity contribution in [1.29, 1.82) is 0 Å². The smallest absolute Gasteiger partial charge is 0.263 e. The molecule has 0 fully saturated rings. The maximum absolute atomic E-state index is 12.5. The molecular weight excluding hydrogens is 326 g/mol. The molecule has 2 unspecified atom stereocenters. The van der Waals surface area contributed by atoms with Gasteiger partial charge in [0.25, 0.3) is 6.43 Å². The first kappa shape index (κ1) is 17.3. The number of carbonyl (C=O) groups is 1. The Bertz CT molecular complexity index is 701. The van der Waals surface area contributed by atoms with Gasteiger partial charge in [0.15, 0.2) is 0 Å². The Morgan fingerprint density at radius 1 is 1.35 bits per heavy atom. The summed E-state index contributed by atoms with van der Waals surface area (Å²) in [6.07, 6.45) is -2.54. The van der Waals surface area contributed by atoms with E-state index in [9.17, 15) is 17.8 Å². The monoisotopic (exact) mass is 342 g/mol. The molecule has 2 aromatic rings. The summed E-state index contributed by atoms with van der Waals surface area (Å²) in [5.41, 5.74) is 1.15. The number of hydrogen-bond acceptors (Lipinski definition) is 4. The van der Waals surface area contributed by atoms with Crippen LogP contribution in [-0.2, 0) is 21.3 Å². The van der Waals surface area contributed by atoms with Crippen LogP contribution in [0.3, 0.4) is 0 Å². The van der Waals surface area contributed by atoms with E-state index < -0.39 is 28.4 Å². The second-order valence-electron chi connectivity index (χ2n) is 5.03. The van der Waals surface area contributed by atoms with Crippen LogP contribution in [0, 0.1) is 6.92 Å². The highest BCUT2D eigenvalue weighted by molar-refractivity contribution is 7.85. The van der Waals surface area contributed by atoms with Gasteiger partial charge in [0, 0.05) is 28.2 Å². The third-order valence-corrected chi connectivity index (χ3v) is 4.80. The number of amides is 1. The molecule has 1 aromatic carbocycles. The van der Waals surface area contributed by atoms with Crippen LogP contribution in [0.15, 0.2) is 34.9 Å². The zero-order valence-electron chi connectivity index (χ0n) is 12.6. The molecule has 0 aliphatic rings. The van der Waals surface area contributed by atoms with Gasteiger partial charge in [-0.3, -0.25) is 14.3 Å². The van der Waals surface area contributed by atoms with Gasteiger partial charge in [-0.15, -0.1) is 0 Å². The van der Waals surface area contributed by atoms with E-state index in [4.69, 9.17) is 4.52 Å². The summed E-state index contributed by atoms with van der Waals surface area (Å²) >= 11 is 0. The van der Waals surface area contributed by atoms with Crippen LogP contribution in [0.4, 0.5) is 14.7 Å². The number of aromatic nitrogens is 1. The van der Waals surface area contributed by atoms with Crippen molar-refractivity contribution in [2.24, 2.45) is 0 Å². The Balaban J connectivity index is 1.94. The minimum atomic E-state index is -2.54. The maximum atomic E-state index is 12.5. The van der Waals surface area contributed by atoms with Crippen LogP contribution in [0.1, 0.15) is 30.2 Å². The highest BCUT2D eigenvalue weighted by atomic mass is 32.2. The molecule has 2 atom stereocenters. The fourth-order valence-corrected chi connectivity index (χ4v) is 2.88. The molecule has 0 bridgehead atoms. The largest absolute Gasteiger partial charge is 0.338 e. The molecule has 0 radical (unpaired) electrons. The second-order valence-corrected chi connectivity index (χ2v) is 6.79. The number of halogens is 2. The molecule has 23 heavy (non-hydrogen) atoms. The van der Waals surface area contributed by atoms with Crippen molar-refractivity contribution in [3.05, 3.63) is 47.2 Å². The predicted octanol–water partition coefficient (Wildman–Crippen LogP) is 3.20. The lowest BCUT2D eigenvalue weighted by molar-refractivity contribution is -0.115. The first-order valence-corrected chi connectivity index (χ1v) is 8.23. The molecule has 0 spiro atoms. The van der Waals surface area contributed by atoms with E-state index in [1.807, 2.05) is 0 Å². The molecule has 5 nitrogen and oxygen atoms in total. The summed E-state index contributed by atoms with van der Waals surface area (Å²) in [6, 6.07) is 7.11. The number of nitrogens with one attached hydrogen (secondary N) is 1. The fraction of sp³-hybridized carbons (Fsp3) is 0.333. The van der Waals surface area contributed by atoms with Crippen LogP contribution in [0.5, 0.6) is 0 Å². The maximum Gasteiger partial charge on any atom is 0.263 e. The van der Waals surface area contributed by atoms with Crippen molar-refractivity contribution < 1.29 is 22.3 Å². The minimum absolute atomic E-state index is 0.0917. The molecular formula is C15H16F2N2O3S. The SMILES string of the molecule is Cc1cc(NC(=O)C(C)S(=O)Cc2ccc(C(F)F)cc2)on1. The van der Waals surface area contributed by atoms with Gasteiger partial charge in [-0.25, -0.2) is 8.78 Å². The average molecular weight is 342 g/mol. The number of alkyl halides is 2. The van der Waals surface area contributed by atoms with Crippen LogP contribution >= 0.6 is 0 Å². The van der Waals surface area contributed by atoms with E-state index >= 15 is 0 Å². The van der Waals surface area contributed by atoms with Crippen molar-refractivity contribution in [2.75, 3.05) is 5.32 Å². The summed E-state index contributed by atoms with van der Waals surface area (Å²) < 4.78 is 42.0. The van der Waals surface area contributed by atoms with Gasteiger partial charge >= 0.3 is 0 Å². The molecule has 0 saturated carbocycles. The molecule has 1 aromatic heterocycles. The lowest BCUT2D eigenvalue weighted by Crippen LogP contribution is -2.29. The van der Waals surface area contributed by atoms with Crippen LogP contribution in [0.2, 0.25) is 0 Å². The van der Waals surface area contributed by atoms with Crippen molar-refractivity contribution in [3.8, 4) is 0 Å². The zero-order chi connectivity index (χ0) is 17.0. The van der Waals surface area contributed by atoms with Gasteiger partial charge in [0.1, 0.15) is 5.25 Å². The highest BCUT2D eigenvalue weighted by Gasteiger charge is 2.21. The fourth-order valence-electron chi connectivity index (χ4n) is 1.81. The van der Waals surface area contributed by atoms with Gasteiger partial charge in [-0.1, -0.05) is 29.4 Å². The van der Waals surface area contributed by atoms with Gasteiger partial charge < -0.3 is 4.52 Å². The van der Waals surface area contributed by atoms with Crippen molar-refractivity contribution in [1.82, 2.24) is 5.16 Å². The second kappa shape index (κ2) is 7.45. The van der Waals surface area contributed by atoms with Crippen molar-refractivity contribution in [2.45, 2.75) is 31.3 Å². The van der Waals surface area contributed by atoms with E-state index in [0.29, 0.717) is 11.3 Å². The van der Waals surface area contributed by atoms with Crippen molar-refractivity contribution >= 4 is 22.6 Å². The molecule has 2 rings (SSSR count). The number of rotatable bonds is 6. The highest BCUT2D eigenvalue weighted by Crippen LogP contribution is 2.19. The Labute approximate surface area is 134 Å². The Kier molecular flexibility index (Phi) is 5.59. The lowest BCUT2D eigenvalue weighted by Gasteiger charge is -2.11. The average Bonchev–Trinajstić information content (AvgIpc) is 2.92. The number of anilines is 1. The molecule has 0 aliphatic carbocycles. The quantitative estimate of drug-likeness (QED) is 0.875. The van der Waals surface area contributed by atoms with E-state index in [-0.39, 0.29) is 17.2 Å². The van der Waals surface area contributed by atoms with E-state index in [1.54, 1.807) is 13.0 Å². The predicted molar refractivity (Wildman–Crippen MR) is 82.6 cm³/mol. The first-order chi connectivity index (χ1) is 10.9. The Hall–Kier alpha value is -2.09. The zero-order valence-corrected chi connectivity index (χ0v) is 13.4.